The average molecular weight is 420 g/mol. The fourth-order valence-corrected chi connectivity index (χ4v) is 3.47. The standard InChI is InChI=1S/C18H18ClN5O3S/c1-2-28-17-21-16(26)22(11-13-4-3-9-24(20)15(13)25)18(27)23(17)10-12-5-7-14(19)8-6-12/h3-9H,2,10-11,20H2,1H3. The van der Waals surface area contributed by atoms with E-state index in [1.807, 2.05) is 6.92 Å². The van der Waals surface area contributed by atoms with Crippen molar-refractivity contribution in [3.8, 4) is 0 Å². The molecule has 0 aliphatic carbocycles. The topological polar surface area (TPSA) is 105 Å². The van der Waals surface area contributed by atoms with E-state index in [9.17, 15) is 14.4 Å². The van der Waals surface area contributed by atoms with Gasteiger partial charge in [0.25, 0.3) is 5.56 Å². The van der Waals surface area contributed by atoms with Crippen molar-refractivity contribution < 1.29 is 0 Å². The second kappa shape index (κ2) is 8.49. The first-order valence-electron chi connectivity index (χ1n) is 8.45. The van der Waals surface area contributed by atoms with Crippen LogP contribution in [-0.4, -0.2) is 24.5 Å². The van der Waals surface area contributed by atoms with Gasteiger partial charge in [-0.15, -0.1) is 0 Å². The van der Waals surface area contributed by atoms with Crippen LogP contribution in [0.25, 0.3) is 0 Å². The van der Waals surface area contributed by atoms with Gasteiger partial charge in [0.05, 0.1) is 13.1 Å². The third-order valence-corrected chi connectivity index (χ3v) is 5.13. The normalized spacial score (nSPS) is 10.9. The van der Waals surface area contributed by atoms with Crippen molar-refractivity contribution in [1.29, 1.82) is 0 Å². The van der Waals surface area contributed by atoms with E-state index in [1.54, 1.807) is 30.3 Å². The number of benzene rings is 1. The van der Waals surface area contributed by atoms with Crippen molar-refractivity contribution in [3.63, 3.8) is 0 Å². The van der Waals surface area contributed by atoms with Crippen molar-refractivity contribution in [2.45, 2.75) is 25.2 Å². The summed E-state index contributed by atoms with van der Waals surface area (Å²) in [6.45, 7) is 1.92. The van der Waals surface area contributed by atoms with Crippen molar-refractivity contribution in [2.75, 3.05) is 11.6 Å². The van der Waals surface area contributed by atoms with Crippen LogP contribution in [0.1, 0.15) is 18.1 Å². The lowest BCUT2D eigenvalue weighted by Crippen LogP contribution is -2.44. The Morgan fingerprint density at radius 1 is 1.07 bits per heavy atom. The van der Waals surface area contributed by atoms with E-state index in [0.717, 1.165) is 14.8 Å². The van der Waals surface area contributed by atoms with Gasteiger partial charge in [0.2, 0.25) is 0 Å². The van der Waals surface area contributed by atoms with Gasteiger partial charge in [-0.2, -0.15) is 4.98 Å². The van der Waals surface area contributed by atoms with Crippen molar-refractivity contribution >= 4 is 23.4 Å². The second-order valence-electron chi connectivity index (χ2n) is 5.94. The number of hydrogen-bond donors (Lipinski definition) is 1. The Morgan fingerprint density at radius 2 is 1.79 bits per heavy atom. The van der Waals surface area contributed by atoms with Gasteiger partial charge in [-0.25, -0.2) is 18.8 Å². The monoisotopic (exact) mass is 419 g/mol. The van der Waals surface area contributed by atoms with Crippen LogP contribution in [0, 0.1) is 0 Å². The molecular formula is C18H18ClN5O3S. The third-order valence-electron chi connectivity index (χ3n) is 4.02. The van der Waals surface area contributed by atoms with Gasteiger partial charge in [-0.05, 0) is 29.5 Å². The number of nitrogens with two attached hydrogens (primary N) is 1. The summed E-state index contributed by atoms with van der Waals surface area (Å²) >= 11 is 7.22. The van der Waals surface area contributed by atoms with E-state index in [-0.39, 0.29) is 18.7 Å². The minimum absolute atomic E-state index is 0.209. The molecule has 2 N–H and O–H groups in total. The lowest BCUT2D eigenvalue weighted by molar-refractivity contribution is 0.525. The SMILES string of the molecule is CCSc1nc(=O)n(Cc2cccn(N)c2=O)c(=O)n1Cc1ccc(Cl)cc1. The van der Waals surface area contributed by atoms with E-state index in [1.165, 1.54) is 28.6 Å². The van der Waals surface area contributed by atoms with Gasteiger partial charge in [-0.3, -0.25) is 9.36 Å². The Kier molecular flexibility index (Phi) is 6.05. The summed E-state index contributed by atoms with van der Waals surface area (Å²) in [6, 6.07) is 10.2. The van der Waals surface area contributed by atoms with Gasteiger partial charge in [0.15, 0.2) is 5.16 Å². The molecule has 0 amide bonds. The fraction of sp³-hybridized carbons (Fsp3) is 0.222. The highest BCUT2D eigenvalue weighted by molar-refractivity contribution is 7.99. The van der Waals surface area contributed by atoms with Gasteiger partial charge in [0.1, 0.15) is 0 Å². The highest BCUT2D eigenvalue weighted by atomic mass is 35.5. The van der Waals surface area contributed by atoms with Gasteiger partial charge >= 0.3 is 11.4 Å². The molecule has 0 aliphatic heterocycles. The minimum atomic E-state index is -0.708. The molecule has 0 atom stereocenters. The van der Waals surface area contributed by atoms with E-state index < -0.39 is 16.9 Å². The number of rotatable bonds is 6. The van der Waals surface area contributed by atoms with Crippen LogP contribution in [0.4, 0.5) is 0 Å². The summed E-state index contributed by atoms with van der Waals surface area (Å²) in [7, 11) is 0. The molecule has 2 aromatic heterocycles. The molecule has 0 radical (unpaired) electrons. The summed E-state index contributed by atoms with van der Waals surface area (Å²) in [5.74, 6) is 6.21. The molecule has 0 unspecified atom stereocenters. The number of hydrogen-bond acceptors (Lipinski definition) is 6. The first-order valence-corrected chi connectivity index (χ1v) is 9.81. The first kappa shape index (κ1) is 20.0. The average Bonchev–Trinajstić information content (AvgIpc) is 2.67. The van der Waals surface area contributed by atoms with E-state index >= 15 is 0 Å². The largest absolute Gasteiger partial charge is 0.354 e. The Balaban J connectivity index is 2.10. The number of aromatic nitrogens is 4. The fourth-order valence-electron chi connectivity index (χ4n) is 2.64. The van der Waals surface area contributed by atoms with Gasteiger partial charge < -0.3 is 5.84 Å². The van der Waals surface area contributed by atoms with Crippen LogP contribution in [0.15, 0.2) is 62.1 Å². The van der Waals surface area contributed by atoms with Crippen LogP contribution in [0.5, 0.6) is 0 Å². The highest BCUT2D eigenvalue weighted by Crippen LogP contribution is 2.15. The summed E-state index contributed by atoms with van der Waals surface area (Å²) in [5.41, 5.74) is -0.677. The van der Waals surface area contributed by atoms with E-state index in [4.69, 9.17) is 17.4 Å². The number of thioether (sulfide) groups is 1. The molecule has 0 saturated heterocycles. The maximum absolute atomic E-state index is 13.1. The van der Waals surface area contributed by atoms with Crippen LogP contribution in [0.3, 0.4) is 0 Å². The molecule has 28 heavy (non-hydrogen) atoms. The van der Waals surface area contributed by atoms with Crippen molar-refractivity contribution in [3.05, 3.63) is 90.1 Å². The van der Waals surface area contributed by atoms with Crippen LogP contribution in [-0.2, 0) is 13.1 Å². The molecular weight excluding hydrogens is 402 g/mol. The predicted octanol–water partition coefficient (Wildman–Crippen LogP) is 1.14. The van der Waals surface area contributed by atoms with Crippen molar-refractivity contribution in [1.82, 2.24) is 18.8 Å². The number of halogens is 1. The molecule has 1 aromatic carbocycles. The molecule has 3 aromatic rings. The maximum Gasteiger partial charge on any atom is 0.354 e. The molecule has 0 spiro atoms. The molecule has 2 heterocycles. The zero-order valence-electron chi connectivity index (χ0n) is 15.0. The van der Waals surface area contributed by atoms with Crippen molar-refractivity contribution in [2.24, 2.45) is 0 Å². The summed E-state index contributed by atoms with van der Waals surface area (Å²) < 4.78 is 3.26. The Bertz CT molecular complexity index is 1170. The summed E-state index contributed by atoms with van der Waals surface area (Å²) in [6.07, 6.45) is 1.40. The van der Waals surface area contributed by atoms with Crippen LogP contribution >= 0.6 is 23.4 Å². The molecule has 0 bridgehead atoms. The number of nitrogen functional groups attached to an aromatic ring is 1. The zero-order chi connectivity index (χ0) is 20.3. The maximum atomic E-state index is 13.1. The highest BCUT2D eigenvalue weighted by Gasteiger charge is 2.15. The van der Waals surface area contributed by atoms with Crippen LogP contribution < -0.4 is 22.8 Å². The summed E-state index contributed by atoms with van der Waals surface area (Å²) in [4.78, 5) is 41.7. The Labute approximate surface area is 169 Å². The molecule has 146 valence electrons. The smallest absolute Gasteiger partial charge is 0.336 e. The second-order valence-corrected chi connectivity index (χ2v) is 7.60. The zero-order valence-corrected chi connectivity index (χ0v) is 16.6. The van der Waals surface area contributed by atoms with Crippen LogP contribution in [0.2, 0.25) is 5.02 Å². The summed E-state index contributed by atoms with van der Waals surface area (Å²) in [5, 5.41) is 0.914. The van der Waals surface area contributed by atoms with E-state index in [0.29, 0.717) is 15.9 Å². The molecule has 0 aliphatic rings. The number of pyridine rings is 1. The quantitative estimate of drug-likeness (QED) is 0.474. The Morgan fingerprint density at radius 3 is 2.46 bits per heavy atom. The molecule has 8 nitrogen and oxygen atoms in total. The molecule has 0 fully saturated rings. The molecule has 10 heteroatoms. The lowest BCUT2D eigenvalue weighted by atomic mass is 10.2. The molecule has 3 rings (SSSR count). The first-order chi connectivity index (χ1) is 13.4. The van der Waals surface area contributed by atoms with Gasteiger partial charge in [-0.1, -0.05) is 48.5 Å². The molecule has 0 saturated carbocycles. The van der Waals surface area contributed by atoms with E-state index in [2.05, 4.69) is 4.98 Å². The lowest BCUT2D eigenvalue weighted by Gasteiger charge is -2.14. The third kappa shape index (κ3) is 4.20. The minimum Gasteiger partial charge on any atom is -0.336 e. The van der Waals surface area contributed by atoms with Gasteiger partial charge in [0, 0.05) is 16.8 Å². The Hall–Kier alpha value is -2.78. The predicted molar refractivity (Wildman–Crippen MR) is 110 cm³/mol. The number of nitrogens with zero attached hydrogens (tertiary/aromatic N) is 4.